The molecule has 2 aromatic rings. The van der Waals surface area contributed by atoms with Crippen LogP contribution in [-0.2, 0) is 15.3 Å². The van der Waals surface area contributed by atoms with Crippen LogP contribution in [0.15, 0.2) is 15.1 Å². The Bertz CT molecular complexity index is 969. The molecule has 1 amide bonds. The number of esters is 1. The number of amides is 1. The summed E-state index contributed by atoms with van der Waals surface area (Å²) in [7, 11) is 3.20. The van der Waals surface area contributed by atoms with Crippen LogP contribution in [0.4, 0.5) is 0 Å². The van der Waals surface area contributed by atoms with E-state index < -0.39 is 12.0 Å². The summed E-state index contributed by atoms with van der Waals surface area (Å²) in [5.74, 6) is 0.854. The van der Waals surface area contributed by atoms with Gasteiger partial charge in [-0.15, -0.1) is 0 Å². The molecule has 0 saturated heterocycles. The van der Waals surface area contributed by atoms with Gasteiger partial charge in [0.25, 0.3) is 0 Å². The molecule has 0 spiro atoms. The van der Waals surface area contributed by atoms with E-state index in [0.717, 1.165) is 0 Å². The van der Waals surface area contributed by atoms with Gasteiger partial charge in [-0.25, -0.2) is 4.79 Å². The van der Waals surface area contributed by atoms with E-state index in [0.29, 0.717) is 39.8 Å². The van der Waals surface area contributed by atoms with Crippen LogP contribution in [0.1, 0.15) is 33.7 Å². The van der Waals surface area contributed by atoms with Crippen LogP contribution in [0.2, 0.25) is 0 Å². The number of benzene rings is 1. The van der Waals surface area contributed by atoms with Crippen molar-refractivity contribution in [3.8, 4) is 11.5 Å². The lowest BCUT2D eigenvalue weighted by Crippen LogP contribution is -2.39. The molecule has 2 N–H and O–H groups in total. The van der Waals surface area contributed by atoms with Crippen molar-refractivity contribution >= 4 is 39.6 Å². The van der Waals surface area contributed by atoms with Gasteiger partial charge in [0.05, 0.1) is 23.7 Å². The van der Waals surface area contributed by atoms with Gasteiger partial charge in [-0.05, 0) is 29.9 Å². The summed E-state index contributed by atoms with van der Waals surface area (Å²) in [6, 6.07) is 0.920. The van der Waals surface area contributed by atoms with Gasteiger partial charge in [0, 0.05) is 29.7 Å². The second kappa shape index (κ2) is 10.3. The van der Waals surface area contributed by atoms with Crippen LogP contribution in [0, 0.1) is 6.92 Å². The summed E-state index contributed by atoms with van der Waals surface area (Å²) in [5, 5.41) is 17.3. The lowest BCUT2D eigenvalue weighted by molar-refractivity contribution is -0.122. The molecule has 0 fully saturated rings. The van der Waals surface area contributed by atoms with Gasteiger partial charge < -0.3 is 24.4 Å². The fourth-order valence-electron chi connectivity index (χ4n) is 3.00. The molecule has 168 valence electrons. The summed E-state index contributed by atoms with van der Waals surface area (Å²) >= 11 is 4.78. The van der Waals surface area contributed by atoms with Gasteiger partial charge >= 0.3 is 5.97 Å². The number of hydrogen-bond donors (Lipinski definition) is 2. The first-order valence-electron chi connectivity index (χ1n) is 9.41. The summed E-state index contributed by atoms with van der Waals surface area (Å²) in [4.78, 5) is 31.2. The van der Waals surface area contributed by atoms with Gasteiger partial charge in [-0.3, -0.25) is 9.69 Å². The number of carbonyl (C=O) groups is 2. The van der Waals surface area contributed by atoms with Crippen molar-refractivity contribution in [2.24, 2.45) is 0 Å². The van der Waals surface area contributed by atoms with E-state index in [-0.39, 0.29) is 36.1 Å². The number of halogens is 1. The largest absolute Gasteiger partial charge is 0.507 e. The average molecular weight is 515 g/mol. The van der Waals surface area contributed by atoms with Gasteiger partial charge in [0.15, 0.2) is 5.82 Å². The number of phenolic OH excluding ortho intramolecular Hbond substituents is 1. The lowest BCUT2D eigenvalue weighted by atomic mass is 10.1. The standard InChI is InChI=1S/C19H23BrN4O6S/c1-10-21-18(30-23-10)12-9-31-8-11-13(25)6-14(28-3)17(20)16(11)19(27)29-5-4-24(2)7-15(26)22-12/h6,12,25H,4-5,7-9H2,1-3H3,(H,22,26)/t12-/m0/s1. The Morgan fingerprint density at radius 2 is 2.19 bits per heavy atom. The highest BCUT2D eigenvalue weighted by Gasteiger charge is 2.26. The van der Waals surface area contributed by atoms with Crippen LogP contribution in [-0.4, -0.2) is 71.6 Å². The minimum absolute atomic E-state index is 0.0753. The highest BCUT2D eigenvalue weighted by Crippen LogP contribution is 2.39. The average Bonchev–Trinajstić information content (AvgIpc) is 3.14. The molecule has 0 unspecified atom stereocenters. The fraction of sp³-hybridized carbons (Fsp3) is 0.474. The number of phenols is 1. The highest BCUT2D eigenvalue weighted by molar-refractivity contribution is 9.10. The van der Waals surface area contributed by atoms with Gasteiger partial charge in [-0.2, -0.15) is 16.7 Å². The third-order valence-electron chi connectivity index (χ3n) is 4.57. The molecule has 0 aliphatic carbocycles. The molecule has 0 bridgehead atoms. The van der Waals surface area contributed by atoms with E-state index in [4.69, 9.17) is 14.0 Å². The normalized spacial score (nSPS) is 19.2. The number of carbonyl (C=O) groups excluding carboxylic acids is 2. The minimum Gasteiger partial charge on any atom is -0.507 e. The van der Waals surface area contributed by atoms with Crippen molar-refractivity contribution in [3.63, 3.8) is 0 Å². The Kier molecular flexibility index (Phi) is 7.79. The first-order chi connectivity index (χ1) is 14.8. The molecule has 2 heterocycles. The van der Waals surface area contributed by atoms with Crippen molar-refractivity contribution in [3.05, 3.63) is 33.4 Å². The Balaban J connectivity index is 1.94. The number of hydrogen-bond acceptors (Lipinski definition) is 10. The molecule has 1 aliphatic heterocycles. The van der Waals surface area contributed by atoms with E-state index >= 15 is 0 Å². The number of thioether (sulfide) groups is 1. The van der Waals surface area contributed by atoms with E-state index in [1.165, 1.54) is 24.9 Å². The number of nitrogens with zero attached hydrogens (tertiary/aromatic N) is 3. The number of rotatable bonds is 2. The zero-order valence-corrected chi connectivity index (χ0v) is 19.7. The van der Waals surface area contributed by atoms with Crippen molar-refractivity contribution in [1.82, 2.24) is 20.4 Å². The number of aryl methyl sites for hydroxylation is 1. The molecule has 1 aromatic heterocycles. The van der Waals surface area contributed by atoms with Crippen molar-refractivity contribution in [1.29, 1.82) is 0 Å². The molecule has 31 heavy (non-hydrogen) atoms. The fourth-order valence-corrected chi connectivity index (χ4v) is 4.76. The van der Waals surface area contributed by atoms with Crippen molar-refractivity contribution < 1.29 is 28.7 Å². The molecule has 0 saturated carbocycles. The number of fused-ring (bicyclic) bond motifs is 1. The smallest absolute Gasteiger partial charge is 0.339 e. The molecule has 10 nitrogen and oxygen atoms in total. The van der Waals surface area contributed by atoms with Crippen LogP contribution < -0.4 is 10.1 Å². The van der Waals surface area contributed by atoms with Crippen molar-refractivity contribution in [2.45, 2.75) is 18.7 Å². The Morgan fingerprint density at radius 1 is 1.42 bits per heavy atom. The Hall–Kier alpha value is -2.31. The zero-order chi connectivity index (χ0) is 22.5. The number of cyclic esters (lactones) is 1. The number of nitrogens with one attached hydrogen (secondary N) is 1. The van der Waals surface area contributed by atoms with Crippen molar-refractivity contribution in [2.75, 3.05) is 39.6 Å². The topological polar surface area (TPSA) is 127 Å². The van der Waals surface area contributed by atoms with Gasteiger partial charge in [0.2, 0.25) is 11.8 Å². The number of ether oxygens (including phenoxy) is 2. The van der Waals surface area contributed by atoms with E-state index in [2.05, 4.69) is 31.4 Å². The molecule has 1 aromatic carbocycles. The first kappa shape index (κ1) is 23.4. The van der Waals surface area contributed by atoms with Crippen LogP contribution in [0.25, 0.3) is 0 Å². The molecular weight excluding hydrogens is 492 g/mol. The molecule has 12 heteroatoms. The lowest BCUT2D eigenvalue weighted by Gasteiger charge is -2.21. The first-order valence-corrected chi connectivity index (χ1v) is 11.4. The van der Waals surface area contributed by atoms with E-state index in [1.807, 2.05) is 0 Å². The third kappa shape index (κ3) is 5.69. The molecular formula is C19H23BrN4O6S. The van der Waals surface area contributed by atoms with Crippen LogP contribution >= 0.6 is 27.7 Å². The molecule has 1 atom stereocenters. The van der Waals surface area contributed by atoms with Gasteiger partial charge in [0.1, 0.15) is 24.1 Å². The summed E-state index contributed by atoms with van der Waals surface area (Å²) < 4.78 is 16.3. The number of methoxy groups -OCH3 is 1. The number of likely N-dealkylation sites (N-methyl/N-ethyl adjacent to an activating group) is 1. The van der Waals surface area contributed by atoms with E-state index in [1.54, 1.807) is 18.9 Å². The minimum atomic E-state index is -0.587. The van der Waals surface area contributed by atoms with E-state index in [9.17, 15) is 14.7 Å². The highest BCUT2D eigenvalue weighted by atomic mass is 79.9. The van der Waals surface area contributed by atoms with Crippen LogP contribution in [0.3, 0.4) is 0 Å². The molecule has 3 rings (SSSR count). The van der Waals surface area contributed by atoms with Gasteiger partial charge in [-0.1, -0.05) is 5.16 Å². The van der Waals surface area contributed by atoms with Crippen LogP contribution in [0.5, 0.6) is 11.5 Å². The summed E-state index contributed by atoms with van der Waals surface area (Å²) in [6.45, 7) is 2.23. The summed E-state index contributed by atoms with van der Waals surface area (Å²) in [6.07, 6.45) is 0. The maximum absolute atomic E-state index is 12.8. The Labute approximate surface area is 191 Å². The predicted octanol–water partition coefficient (Wildman–Crippen LogP) is 2.05. The predicted molar refractivity (Wildman–Crippen MR) is 116 cm³/mol. The maximum Gasteiger partial charge on any atom is 0.339 e. The number of aromatic hydroxyl groups is 1. The summed E-state index contributed by atoms with van der Waals surface area (Å²) in [5.41, 5.74) is 0.609. The molecule has 1 aliphatic rings. The SMILES string of the molecule is COc1cc(O)c2c(c1Br)C(=O)OCCN(C)CC(=O)N[C@H](c1nc(C)no1)CSC2. The number of aromatic nitrogens is 2. The second-order valence-electron chi connectivity index (χ2n) is 6.95. The second-order valence-corrected chi connectivity index (χ2v) is 8.78. The molecule has 0 radical (unpaired) electrons. The monoisotopic (exact) mass is 514 g/mol. The Morgan fingerprint density at radius 3 is 2.87 bits per heavy atom. The maximum atomic E-state index is 12.8. The zero-order valence-electron chi connectivity index (χ0n) is 17.3. The third-order valence-corrected chi connectivity index (χ3v) is 6.41. The quantitative estimate of drug-likeness (QED) is 0.574.